The largest absolute Gasteiger partial charge is 0.497 e. The fourth-order valence-corrected chi connectivity index (χ4v) is 1.41. The Hall–Kier alpha value is -2.64. The minimum atomic E-state index is -0.350. The van der Waals surface area contributed by atoms with Gasteiger partial charge in [0.25, 0.3) is 11.9 Å². The molecule has 0 bridgehead atoms. The lowest BCUT2D eigenvalue weighted by Gasteiger charge is -2.06. The van der Waals surface area contributed by atoms with Gasteiger partial charge in [0.15, 0.2) is 6.61 Å². The number of nitrogens with one attached hydrogen (secondary N) is 1. The van der Waals surface area contributed by atoms with E-state index < -0.39 is 0 Å². The number of aryl methyl sites for hydroxylation is 1. The normalized spacial score (nSPS) is 10.1. The topological polar surface area (TPSA) is 91.2 Å². The summed E-state index contributed by atoms with van der Waals surface area (Å²) in [6.07, 6.45) is 0. The molecule has 0 saturated heterocycles. The number of hydrogen-bond acceptors (Lipinski definition) is 6. The lowest BCUT2D eigenvalue weighted by Crippen LogP contribution is -2.21. The van der Waals surface area contributed by atoms with Gasteiger partial charge in [-0.25, -0.2) is 0 Å². The molecule has 1 N–H and O–H groups in total. The molecule has 1 amide bonds. The number of nitrogens with zero attached hydrogens (tertiary/aromatic N) is 4. The van der Waals surface area contributed by atoms with Gasteiger partial charge >= 0.3 is 0 Å². The average Bonchev–Trinajstić information content (AvgIpc) is 2.93. The molecule has 1 heterocycles. The zero-order valence-electron chi connectivity index (χ0n) is 11.2. The number of benzene rings is 1. The Morgan fingerprint density at radius 3 is 2.60 bits per heavy atom. The molecule has 106 valence electrons. The van der Waals surface area contributed by atoms with Crippen LogP contribution >= 0.6 is 0 Å². The van der Waals surface area contributed by atoms with Gasteiger partial charge in [-0.05, 0) is 36.4 Å². The van der Waals surface area contributed by atoms with Gasteiger partial charge < -0.3 is 9.47 Å². The maximum absolute atomic E-state index is 11.6. The molecule has 0 aliphatic rings. The molecule has 0 unspecified atom stereocenters. The standard InChI is InChI=1S/C12H15N5O3/c1-3-17-15-12(14-16-17)13-11(18)8-20-10-6-4-9(19-2)5-7-10/h4-7H,3,8H2,1-2H3,(H,13,15,18). The fourth-order valence-electron chi connectivity index (χ4n) is 1.41. The van der Waals surface area contributed by atoms with Crippen molar-refractivity contribution < 1.29 is 14.3 Å². The first-order chi connectivity index (χ1) is 9.71. The van der Waals surface area contributed by atoms with E-state index in [-0.39, 0.29) is 18.5 Å². The summed E-state index contributed by atoms with van der Waals surface area (Å²) in [5.74, 6) is 1.11. The van der Waals surface area contributed by atoms with Gasteiger partial charge in [-0.1, -0.05) is 5.10 Å². The predicted octanol–water partition coefficient (Wildman–Crippen LogP) is 0.719. The second kappa shape index (κ2) is 6.50. The molecule has 8 nitrogen and oxygen atoms in total. The van der Waals surface area contributed by atoms with Crippen LogP contribution in [0.5, 0.6) is 11.5 Å². The van der Waals surface area contributed by atoms with Crippen molar-refractivity contribution in [2.45, 2.75) is 13.5 Å². The van der Waals surface area contributed by atoms with E-state index in [1.165, 1.54) is 4.80 Å². The number of carbonyl (C=O) groups is 1. The van der Waals surface area contributed by atoms with Crippen LogP contribution in [0.1, 0.15) is 6.92 Å². The van der Waals surface area contributed by atoms with E-state index in [9.17, 15) is 4.79 Å². The first kappa shape index (κ1) is 13.8. The number of carbonyl (C=O) groups excluding carboxylic acids is 1. The van der Waals surface area contributed by atoms with Gasteiger partial charge in [0, 0.05) is 0 Å². The van der Waals surface area contributed by atoms with Gasteiger partial charge in [0.2, 0.25) is 0 Å². The number of tetrazole rings is 1. The van der Waals surface area contributed by atoms with Crippen LogP contribution in [0.2, 0.25) is 0 Å². The highest BCUT2D eigenvalue weighted by Crippen LogP contribution is 2.16. The molecular formula is C12H15N5O3. The summed E-state index contributed by atoms with van der Waals surface area (Å²) in [6.45, 7) is 2.33. The number of methoxy groups -OCH3 is 1. The Morgan fingerprint density at radius 2 is 2.00 bits per heavy atom. The number of hydrogen-bond donors (Lipinski definition) is 1. The Kier molecular flexibility index (Phi) is 4.48. The molecule has 2 aromatic rings. The van der Waals surface area contributed by atoms with Crippen LogP contribution in [-0.2, 0) is 11.3 Å². The van der Waals surface area contributed by atoms with E-state index in [0.717, 1.165) is 5.75 Å². The summed E-state index contributed by atoms with van der Waals surface area (Å²) >= 11 is 0. The molecule has 2 rings (SSSR count). The van der Waals surface area contributed by atoms with Gasteiger partial charge in [-0.3, -0.25) is 10.1 Å². The van der Waals surface area contributed by atoms with Gasteiger partial charge in [0.1, 0.15) is 11.5 Å². The van der Waals surface area contributed by atoms with Gasteiger partial charge in [0.05, 0.1) is 13.7 Å². The highest BCUT2D eigenvalue weighted by Gasteiger charge is 2.08. The van der Waals surface area contributed by atoms with Crippen molar-refractivity contribution in [1.29, 1.82) is 0 Å². The van der Waals surface area contributed by atoms with E-state index in [4.69, 9.17) is 9.47 Å². The lowest BCUT2D eigenvalue weighted by atomic mass is 10.3. The molecular weight excluding hydrogens is 262 g/mol. The van der Waals surface area contributed by atoms with Crippen molar-refractivity contribution in [3.05, 3.63) is 24.3 Å². The molecule has 1 aromatic heterocycles. The Balaban J connectivity index is 1.82. The van der Waals surface area contributed by atoms with Crippen molar-refractivity contribution >= 4 is 11.9 Å². The van der Waals surface area contributed by atoms with Crippen molar-refractivity contribution in [2.75, 3.05) is 19.0 Å². The van der Waals surface area contributed by atoms with Crippen LogP contribution in [0.15, 0.2) is 24.3 Å². The summed E-state index contributed by atoms with van der Waals surface area (Å²) in [4.78, 5) is 13.0. The predicted molar refractivity (Wildman–Crippen MR) is 70.6 cm³/mol. The van der Waals surface area contributed by atoms with Crippen molar-refractivity contribution in [2.24, 2.45) is 0 Å². The maximum atomic E-state index is 11.6. The van der Waals surface area contributed by atoms with E-state index in [1.807, 2.05) is 6.92 Å². The number of aromatic nitrogens is 4. The third-order valence-electron chi connectivity index (χ3n) is 2.42. The minimum Gasteiger partial charge on any atom is -0.497 e. The summed E-state index contributed by atoms with van der Waals surface area (Å²) < 4.78 is 10.3. The summed E-state index contributed by atoms with van der Waals surface area (Å²) in [5, 5.41) is 13.8. The number of amides is 1. The Bertz CT molecular complexity index is 567. The molecule has 8 heteroatoms. The molecule has 0 atom stereocenters. The molecule has 0 radical (unpaired) electrons. The van der Waals surface area contributed by atoms with Crippen LogP contribution in [0.25, 0.3) is 0 Å². The molecule has 1 aromatic carbocycles. The second-order valence-corrected chi connectivity index (χ2v) is 3.81. The van der Waals surface area contributed by atoms with Crippen LogP contribution in [0, 0.1) is 0 Å². The van der Waals surface area contributed by atoms with Crippen LogP contribution in [-0.4, -0.2) is 39.8 Å². The molecule has 0 saturated carbocycles. The smallest absolute Gasteiger partial charge is 0.270 e. The van der Waals surface area contributed by atoms with Crippen molar-refractivity contribution in [1.82, 2.24) is 20.2 Å². The van der Waals surface area contributed by atoms with E-state index in [1.54, 1.807) is 31.4 Å². The summed E-state index contributed by atoms with van der Waals surface area (Å²) in [6, 6.07) is 6.94. The van der Waals surface area contributed by atoms with Crippen LogP contribution < -0.4 is 14.8 Å². The number of rotatable bonds is 6. The highest BCUT2D eigenvalue weighted by molar-refractivity contribution is 5.90. The minimum absolute atomic E-state index is 0.132. The quantitative estimate of drug-likeness (QED) is 0.836. The summed E-state index contributed by atoms with van der Waals surface area (Å²) in [5.41, 5.74) is 0. The Labute approximate surface area is 115 Å². The number of anilines is 1. The number of ether oxygens (including phenoxy) is 2. The van der Waals surface area contributed by atoms with E-state index in [2.05, 4.69) is 20.7 Å². The summed E-state index contributed by atoms with van der Waals surface area (Å²) in [7, 11) is 1.58. The molecule has 0 aliphatic heterocycles. The lowest BCUT2D eigenvalue weighted by molar-refractivity contribution is -0.118. The molecule has 0 aliphatic carbocycles. The third kappa shape index (κ3) is 3.67. The molecule has 20 heavy (non-hydrogen) atoms. The van der Waals surface area contributed by atoms with Crippen LogP contribution in [0.3, 0.4) is 0 Å². The van der Waals surface area contributed by atoms with Gasteiger partial charge in [-0.2, -0.15) is 4.80 Å². The van der Waals surface area contributed by atoms with E-state index >= 15 is 0 Å². The van der Waals surface area contributed by atoms with Crippen molar-refractivity contribution in [3.8, 4) is 11.5 Å². The van der Waals surface area contributed by atoms with Crippen LogP contribution in [0.4, 0.5) is 5.95 Å². The van der Waals surface area contributed by atoms with Crippen molar-refractivity contribution in [3.63, 3.8) is 0 Å². The molecule has 0 fully saturated rings. The first-order valence-electron chi connectivity index (χ1n) is 6.05. The highest BCUT2D eigenvalue weighted by atomic mass is 16.5. The first-order valence-corrected chi connectivity index (χ1v) is 6.05. The zero-order chi connectivity index (χ0) is 14.4. The third-order valence-corrected chi connectivity index (χ3v) is 2.42. The fraction of sp³-hybridized carbons (Fsp3) is 0.333. The SMILES string of the molecule is CCn1nnc(NC(=O)COc2ccc(OC)cc2)n1. The van der Waals surface area contributed by atoms with E-state index in [0.29, 0.717) is 12.3 Å². The second-order valence-electron chi connectivity index (χ2n) is 3.81. The zero-order valence-corrected chi connectivity index (χ0v) is 11.2. The average molecular weight is 277 g/mol. The van der Waals surface area contributed by atoms with Gasteiger partial charge in [-0.15, -0.1) is 5.10 Å². The Morgan fingerprint density at radius 1 is 1.30 bits per heavy atom. The maximum Gasteiger partial charge on any atom is 0.270 e. The molecule has 0 spiro atoms. The monoisotopic (exact) mass is 277 g/mol.